The molecule has 1 saturated heterocycles. The number of carbonyl (C=O) groups excluding carboxylic acids is 1. The number of nitrogens with zero attached hydrogens (tertiary/aromatic N) is 4. The van der Waals surface area contributed by atoms with E-state index in [9.17, 15) is 4.79 Å². The number of benzene rings is 1. The fourth-order valence-corrected chi connectivity index (χ4v) is 3.95. The van der Waals surface area contributed by atoms with Gasteiger partial charge in [-0.25, -0.2) is 14.8 Å². The molecule has 1 atom stereocenters. The molecule has 8 heteroatoms. The van der Waals surface area contributed by atoms with Crippen molar-refractivity contribution in [2.75, 3.05) is 25.2 Å². The van der Waals surface area contributed by atoms with Crippen molar-refractivity contribution < 1.29 is 9.53 Å². The molecule has 0 radical (unpaired) electrons. The van der Waals surface area contributed by atoms with Crippen molar-refractivity contribution in [3.8, 4) is 0 Å². The van der Waals surface area contributed by atoms with Crippen molar-refractivity contribution in [1.29, 1.82) is 0 Å². The molecule has 1 aromatic carbocycles. The van der Waals surface area contributed by atoms with Crippen LogP contribution in [-0.4, -0.2) is 46.9 Å². The molecule has 7 nitrogen and oxygen atoms in total. The Morgan fingerprint density at radius 1 is 1.48 bits per heavy atom. The number of fused-ring (bicyclic) bond motifs is 3. The number of anilines is 1. The lowest BCUT2D eigenvalue weighted by atomic mass is 10.3. The number of thiazole rings is 1. The molecule has 1 aliphatic heterocycles. The normalized spacial score (nSPS) is 18.3. The first-order valence-corrected chi connectivity index (χ1v) is 8.31. The molecule has 1 unspecified atom stereocenters. The van der Waals surface area contributed by atoms with Gasteiger partial charge < -0.3 is 14.6 Å². The Morgan fingerprint density at radius 3 is 3.09 bits per heavy atom. The van der Waals surface area contributed by atoms with E-state index in [1.165, 1.54) is 11.3 Å². The first-order valence-electron chi connectivity index (χ1n) is 7.49. The maximum absolute atomic E-state index is 12.0. The Hall–Kier alpha value is -2.19. The largest absolute Gasteiger partial charge is 0.383 e. The van der Waals surface area contributed by atoms with E-state index in [1.807, 2.05) is 25.4 Å². The summed E-state index contributed by atoms with van der Waals surface area (Å²) in [7, 11) is 1.68. The number of carbonyl (C=O) groups is 1. The number of nitrogens with one attached hydrogen (secondary N) is 1. The summed E-state index contributed by atoms with van der Waals surface area (Å²) in [4.78, 5) is 22.9. The van der Waals surface area contributed by atoms with E-state index in [4.69, 9.17) is 9.72 Å². The Kier molecular flexibility index (Phi) is 3.42. The number of methoxy groups -OCH3 is 1. The van der Waals surface area contributed by atoms with Crippen LogP contribution in [0.25, 0.3) is 21.3 Å². The van der Waals surface area contributed by atoms with Crippen LogP contribution in [0.5, 0.6) is 0 Å². The second kappa shape index (κ2) is 5.47. The predicted molar refractivity (Wildman–Crippen MR) is 90.1 cm³/mol. The zero-order valence-corrected chi connectivity index (χ0v) is 13.8. The minimum absolute atomic E-state index is 0.0827. The maximum atomic E-state index is 12.0. The zero-order chi connectivity index (χ0) is 16.0. The minimum atomic E-state index is -0.0827. The van der Waals surface area contributed by atoms with E-state index in [2.05, 4.69) is 14.9 Å². The van der Waals surface area contributed by atoms with Crippen LogP contribution < -0.4 is 10.2 Å². The summed E-state index contributed by atoms with van der Waals surface area (Å²) in [5, 5.41) is 3.58. The number of rotatable bonds is 4. The molecule has 0 bridgehead atoms. The Morgan fingerprint density at radius 2 is 2.35 bits per heavy atom. The van der Waals surface area contributed by atoms with E-state index in [1.54, 1.807) is 12.0 Å². The number of aromatic nitrogens is 3. The van der Waals surface area contributed by atoms with Gasteiger partial charge in [0.2, 0.25) is 0 Å². The summed E-state index contributed by atoms with van der Waals surface area (Å²) in [6.45, 7) is 4.00. The van der Waals surface area contributed by atoms with Gasteiger partial charge in [0.05, 0.1) is 34.7 Å². The molecule has 1 fully saturated rings. The summed E-state index contributed by atoms with van der Waals surface area (Å²) in [6.07, 6.45) is 1.81. The highest BCUT2D eigenvalue weighted by atomic mass is 32.1. The molecule has 3 aromatic rings. The number of imidazole rings is 1. The van der Waals surface area contributed by atoms with Crippen molar-refractivity contribution >= 4 is 43.7 Å². The Bertz CT molecular complexity index is 887. The maximum Gasteiger partial charge on any atom is 0.324 e. The summed E-state index contributed by atoms with van der Waals surface area (Å²) in [5.74, 6) is 0. The van der Waals surface area contributed by atoms with Crippen LogP contribution in [0.1, 0.15) is 6.92 Å². The molecule has 4 rings (SSSR count). The second-order valence-electron chi connectivity index (χ2n) is 5.61. The topological polar surface area (TPSA) is 72.3 Å². The van der Waals surface area contributed by atoms with Gasteiger partial charge in [-0.1, -0.05) is 11.3 Å². The van der Waals surface area contributed by atoms with Crippen LogP contribution in [-0.2, 0) is 11.3 Å². The molecule has 3 heterocycles. The van der Waals surface area contributed by atoms with Gasteiger partial charge in [-0.05, 0) is 19.1 Å². The smallest absolute Gasteiger partial charge is 0.324 e. The van der Waals surface area contributed by atoms with Gasteiger partial charge in [0.25, 0.3) is 0 Å². The van der Waals surface area contributed by atoms with E-state index in [0.29, 0.717) is 13.2 Å². The van der Waals surface area contributed by atoms with Gasteiger partial charge in [-0.15, -0.1) is 0 Å². The quantitative estimate of drug-likeness (QED) is 0.795. The molecule has 120 valence electrons. The number of hydrogen-bond donors (Lipinski definition) is 1. The monoisotopic (exact) mass is 331 g/mol. The highest BCUT2D eigenvalue weighted by Crippen LogP contribution is 2.34. The molecule has 1 N–H and O–H groups in total. The summed E-state index contributed by atoms with van der Waals surface area (Å²) in [5.41, 5.74) is 2.79. The zero-order valence-electron chi connectivity index (χ0n) is 12.9. The molecule has 2 amide bonds. The minimum Gasteiger partial charge on any atom is -0.383 e. The van der Waals surface area contributed by atoms with Crippen molar-refractivity contribution in [2.24, 2.45) is 0 Å². The molecule has 2 aromatic heterocycles. The third-order valence-corrected chi connectivity index (χ3v) is 5.10. The molecule has 0 spiro atoms. The van der Waals surface area contributed by atoms with Crippen LogP contribution in [0.2, 0.25) is 0 Å². The van der Waals surface area contributed by atoms with Crippen molar-refractivity contribution in [1.82, 2.24) is 19.9 Å². The molecule has 0 aliphatic carbocycles. The number of hydrogen-bond acceptors (Lipinski definition) is 5. The first-order chi connectivity index (χ1) is 11.2. The van der Waals surface area contributed by atoms with Gasteiger partial charge in [0.1, 0.15) is 5.52 Å². The second-order valence-corrected chi connectivity index (χ2v) is 6.62. The molecule has 23 heavy (non-hydrogen) atoms. The van der Waals surface area contributed by atoms with Gasteiger partial charge in [0, 0.05) is 20.2 Å². The third-order valence-electron chi connectivity index (χ3n) is 4.08. The summed E-state index contributed by atoms with van der Waals surface area (Å²) in [6, 6.07) is 4.04. The van der Waals surface area contributed by atoms with Crippen molar-refractivity contribution in [3.05, 3.63) is 18.5 Å². The van der Waals surface area contributed by atoms with Crippen molar-refractivity contribution in [3.63, 3.8) is 0 Å². The van der Waals surface area contributed by atoms with E-state index in [-0.39, 0.29) is 12.1 Å². The van der Waals surface area contributed by atoms with E-state index < -0.39 is 0 Å². The lowest BCUT2D eigenvalue weighted by Crippen LogP contribution is -2.32. The fraction of sp³-hybridized carbons (Fsp3) is 0.400. The fourth-order valence-electron chi connectivity index (χ4n) is 2.88. The van der Waals surface area contributed by atoms with Gasteiger partial charge in [-0.2, -0.15) is 0 Å². The SMILES string of the molecule is COCCn1cnc2ccc3sc(N4C(=O)NCC4C)nc3c21. The lowest BCUT2D eigenvalue weighted by Gasteiger charge is -2.15. The first kappa shape index (κ1) is 14.4. The highest BCUT2D eigenvalue weighted by molar-refractivity contribution is 7.22. The highest BCUT2D eigenvalue weighted by Gasteiger charge is 2.31. The van der Waals surface area contributed by atoms with Gasteiger partial charge in [0.15, 0.2) is 5.13 Å². The average Bonchev–Trinajstić information content (AvgIpc) is 3.21. The summed E-state index contributed by atoms with van der Waals surface area (Å²) < 4.78 is 8.27. The van der Waals surface area contributed by atoms with Crippen molar-refractivity contribution in [2.45, 2.75) is 19.5 Å². The van der Waals surface area contributed by atoms with Crippen LogP contribution in [0.4, 0.5) is 9.93 Å². The predicted octanol–water partition coefficient (Wildman–Crippen LogP) is 2.21. The third kappa shape index (κ3) is 2.25. The van der Waals surface area contributed by atoms with Crippen LogP contribution in [0.15, 0.2) is 18.5 Å². The molecular formula is C15H17N5O2S. The molecule has 0 saturated carbocycles. The standard InChI is InChI=1S/C15H17N5O2S/c1-9-7-16-14(21)20(9)15-18-12-11(23-15)4-3-10-13(12)19(8-17-10)5-6-22-2/h3-4,8-9H,5-7H2,1-2H3,(H,16,21). The average molecular weight is 331 g/mol. The number of amides is 2. The van der Waals surface area contributed by atoms with Crippen LogP contribution in [0.3, 0.4) is 0 Å². The molecular weight excluding hydrogens is 314 g/mol. The van der Waals surface area contributed by atoms with Gasteiger partial charge in [-0.3, -0.25) is 4.90 Å². The Balaban J connectivity index is 1.86. The van der Waals surface area contributed by atoms with Gasteiger partial charge >= 0.3 is 6.03 Å². The van der Waals surface area contributed by atoms with E-state index >= 15 is 0 Å². The van der Waals surface area contributed by atoms with Crippen LogP contribution in [0, 0.1) is 0 Å². The number of ether oxygens (including phenoxy) is 1. The number of urea groups is 1. The summed E-state index contributed by atoms with van der Waals surface area (Å²) >= 11 is 1.53. The van der Waals surface area contributed by atoms with E-state index in [0.717, 1.165) is 32.9 Å². The Labute approximate surface area is 136 Å². The molecule has 1 aliphatic rings. The lowest BCUT2D eigenvalue weighted by molar-refractivity contribution is 0.188. The van der Waals surface area contributed by atoms with Crippen LogP contribution >= 0.6 is 11.3 Å².